The molecule has 0 unspecified atom stereocenters. The zero-order valence-corrected chi connectivity index (χ0v) is 12.9. The first-order valence-corrected chi connectivity index (χ1v) is 7.34. The third-order valence-electron chi connectivity index (χ3n) is 2.67. The molecule has 23 heavy (non-hydrogen) atoms. The molecule has 0 saturated carbocycles. The third-order valence-corrected chi connectivity index (χ3v) is 3.41. The topological polar surface area (TPSA) is 117 Å². The number of carbonyl (C=O) groups excluding carboxylic acids is 2. The molecule has 120 valence electrons. The second kappa shape index (κ2) is 7.92. The van der Waals surface area contributed by atoms with Crippen LogP contribution in [0, 0.1) is 0 Å². The number of benzene rings is 2. The Hall–Kier alpha value is -2.91. The number of nitrogens with two attached hydrogens (primary N) is 2. The molecule has 0 aromatic heterocycles. The number of para-hydroxylation sites is 2. The molecule has 2 rings (SSSR count). The van der Waals surface area contributed by atoms with Crippen molar-refractivity contribution in [2.24, 2.45) is 11.5 Å². The van der Waals surface area contributed by atoms with Gasteiger partial charge in [0.2, 0.25) is 0 Å². The Kier molecular flexibility index (Phi) is 5.67. The molecule has 0 aliphatic heterocycles. The van der Waals surface area contributed by atoms with E-state index in [0.29, 0.717) is 11.4 Å². The third kappa shape index (κ3) is 4.53. The molecule has 0 radical (unpaired) electrons. The summed E-state index contributed by atoms with van der Waals surface area (Å²) in [5.41, 5.74) is 14.0. The number of hydrogen-bond donors (Lipinski definition) is 4. The fraction of sp³-hybridized carbons (Fsp3) is 0. The lowest BCUT2D eigenvalue weighted by atomic mass is 10.3. The number of carbonyl (C=O) groups is 2. The highest BCUT2D eigenvalue weighted by atomic mass is 32.2. The fourth-order valence-corrected chi connectivity index (χ4v) is 2.49. The molecule has 9 heteroatoms. The number of nitrogens with one attached hydrogen (secondary N) is 2. The van der Waals surface area contributed by atoms with E-state index >= 15 is 0 Å². The van der Waals surface area contributed by atoms with Crippen molar-refractivity contribution in [2.45, 2.75) is 0 Å². The van der Waals surface area contributed by atoms with Crippen LogP contribution in [0.2, 0.25) is 0 Å². The molecule has 0 heterocycles. The van der Waals surface area contributed by atoms with Crippen LogP contribution < -0.4 is 31.1 Å². The first kappa shape index (κ1) is 16.5. The van der Waals surface area contributed by atoms with Crippen molar-refractivity contribution >= 4 is 35.6 Å². The average molecular weight is 332 g/mol. The van der Waals surface area contributed by atoms with E-state index in [4.69, 9.17) is 11.5 Å². The number of amides is 4. The summed E-state index contributed by atoms with van der Waals surface area (Å²) < 4.78 is 1.49. The van der Waals surface area contributed by atoms with Crippen LogP contribution in [0.5, 0.6) is 0 Å². The second-order valence-electron chi connectivity index (χ2n) is 4.28. The Labute approximate surface area is 137 Å². The molecule has 4 amide bonds. The van der Waals surface area contributed by atoms with Crippen molar-refractivity contribution < 1.29 is 9.59 Å². The maximum absolute atomic E-state index is 12.0. The van der Waals surface area contributed by atoms with Gasteiger partial charge in [0.15, 0.2) is 0 Å². The molecular weight excluding hydrogens is 316 g/mol. The maximum Gasteiger partial charge on any atom is 0.339 e. The molecule has 0 aliphatic carbocycles. The smallest absolute Gasteiger partial charge is 0.339 e. The van der Waals surface area contributed by atoms with Gasteiger partial charge < -0.3 is 11.5 Å². The van der Waals surface area contributed by atoms with Crippen LogP contribution >= 0.6 is 12.1 Å². The fourth-order valence-electron chi connectivity index (χ4n) is 1.77. The van der Waals surface area contributed by atoms with Crippen LogP contribution in [-0.4, -0.2) is 12.1 Å². The largest absolute Gasteiger partial charge is 0.351 e. The van der Waals surface area contributed by atoms with Crippen LogP contribution in [-0.2, 0) is 0 Å². The van der Waals surface area contributed by atoms with E-state index in [1.165, 1.54) is 9.42 Å². The van der Waals surface area contributed by atoms with Gasteiger partial charge in [-0.25, -0.2) is 14.0 Å². The van der Waals surface area contributed by atoms with Gasteiger partial charge in [-0.1, -0.05) is 36.4 Å². The van der Waals surface area contributed by atoms with Gasteiger partial charge in [0.05, 0.1) is 23.5 Å². The molecule has 2 aromatic rings. The van der Waals surface area contributed by atoms with E-state index in [1.807, 2.05) is 24.3 Å². The molecule has 0 spiro atoms. The molecule has 0 fully saturated rings. The zero-order chi connectivity index (χ0) is 16.7. The van der Waals surface area contributed by atoms with Crippen LogP contribution in [0.15, 0.2) is 60.7 Å². The number of anilines is 2. The van der Waals surface area contributed by atoms with Gasteiger partial charge in [-0.15, -0.1) is 0 Å². The Morgan fingerprint density at radius 3 is 1.87 bits per heavy atom. The van der Waals surface area contributed by atoms with Crippen LogP contribution in [0.3, 0.4) is 0 Å². The number of hydrazine groups is 2. The van der Waals surface area contributed by atoms with E-state index in [9.17, 15) is 9.59 Å². The van der Waals surface area contributed by atoms with Gasteiger partial charge in [-0.2, -0.15) is 9.84 Å². The number of hydrogen-bond acceptors (Lipinski definition) is 5. The Bertz CT molecular complexity index is 655. The van der Waals surface area contributed by atoms with Gasteiger partial charge in [0.1, 0.15) is 0 Å². The lowest BCUT2D eigenvalue weighted by Gasteiger charge is -2.33. The van der Waals surface area contributed by atoms with E-state index in [1.54, 1.807) is 36.4 Å². The molecule has 0 saturated heterocycles. The SMILES string of the molecule is NC(=O)NNSN(c1ccccc1)N(C(N)=O)c1ccccc1. The Balaban J connectivity index is 2.33. The lowest BCUT2D eigenvalue weighted by molar-refractivity contribution is 0.248. The average Bonchev–Trinajstić information content (AvgIpc) is 2.55. The number of rotatable bonds is 6. The van der Waals surface area contributed by atoms with Crippen LogP contribution in [0.4, 0.5) is 21.0 Å². The molecule has 6 N–H and O–H groups in total. The molecule has 8 nitrogen and oxygen atoms in total. The van der Waals surface area contributed by atoms with E-state index in [0.717, 1.165) is 12.1 Å². The minimum Gasteiger partial charge on any atom is -0.351 e. The number of primary amides is 2. The standard InChI is InChI=1S/C14H16N6O2S/c15-13(21)17-18-23-20(12-9-5-2-6-10-12)19(14(16)22)11-7-3-1-4-8-11/h1-10,18H,(H2,16,22)(H3,15,17,21). The summed E-state index contributed by atoms with van der Waals surface area (Å²) in [5.74, 6) is 0. The van der Waals surface area contributed by atoms with Gasteiger partial charge in [0.25, 0.3) is 0 Å². The van der Waals surface area contributed by atoms with Crippen molar-refractivity contribution in [3.05, 3.63) is 60.7 Å². The minimum atomic E-state index is -0.754. The van der Waals surface area contributed by atoms with Gasteiger partial charge in [0, 0.05) is 0 Å². The minimum absolute atomic E-state index is 0.567. The van der Waals surface area contributed by atoms with E-state index in [-0.39, 0.29) is 0 Å². The Morgan fingerprint density at radius 2 is 1.39 bits per heavy atom. The first-order chi connectivity index (χ1) is 11.1. The van der Waals surface area contributed by atoms with E-state index < -0.39 is 12.1 Å². The lowest BCUT2D eigenvalue weighted by Crippen LogP contribution is -2.49. The molecular formula is C14H16N6O2S. The highest BCUT2D eigenvalue weighted by molar-refractivity contribution is 7.98. The van der Waals surface area contributed by atoms with Crippen molar-refractivity contribution in [1.82, 2.24) is 10.3 Å². The highest BCUT2D eigenvalue weighted by Gasteiger charge is 2.23. The Morgan fingerprint density at radius 1 is 0.870 bits per heavy atom. The molecule has 2 aromatic carbocycles. The summed E-state index contributed by atoms with van der Waals surface area (Å²) in [4.78, 5) is 25.3. The molecule has 0 aliphatic rings. The highest BCUT2D eigenvalue weighted by Crippen LogP contribution is 2.27. The van der Waals surface area contributed by atoms with Gasteiger partial charge in [-0.05, 0) is 24.3 Å². The normalized spacial score (nSPS) is 9.91. The predicted molar refractivity (Wildman–Crippen MR) is 90.9 cm³/mol. The van der Waals surface area contributed by atoms with Crippen molar-refractivity contribution in [3.8, 4) is 0 Å². The summed E-state index contributed by atoms with van der Waals surface area (Å²) in [7, 11) is 0. The summed E-state index contributed by atoms with van der Waals surface area (Å²) in [5, 5.41) is 1.26. The summed E-state index contributed by atoms with van der Waals surface area (Å²) in [6.07, 6.45) is 0. The van der Waals surface area contributed by atoms with Crippen LogP contribution in [0.25, 0.3) is 0 Å². The molecule has 0 atom stereocenters. The quantitative estimate of drug-likeness (QED) is 0.475. The zero-order valence-electron chi connectivity index (χ0n) is 12.0. The second-order valence-corrected chi connectivity index (χ2v) is 5.01. The monoisotopic (exact) mass is 332 g/mol. The van der Waals surface area contributed by atoms with Gasteiger partial charge in [-0.3, -0.25) is 5.43 Å². The van der Waals surface area contributed by atoms with Crippen molar-refractivity contribution in [1.29, 1.82) is 0 Å². The van der Waals surface area contributed by atoms with Crippen LogP contribution in [0.1, 0.15) is 0 Å². The summed E-state index contributed by atoms with van der Waals surface area (Å²) >= 11 is 0.931. The molecule has 0 bridgehead atoms. The number of nitrogens with zero attached hydrogens (tertiary/aromatic N) is 2. The summed E-state index contributed by atoms with van der Waals surface area (Å²) in [6.45, 7) is 0. The predicted octanol–water partition coefficient (Wildman–Crippen LogP) is 1.73. The summed E-state index contributed by atoms with van der Waals surface area (Å²) in [6, 6.07) is 16.5. The van der Waals surface area contributed by atoms with Gasteiger partial charge >= 0.3 is 12.1 Å². The van der Waals surface area contributed by atoms with E-state index in [2.05, 4.69) is 10.3 Å². The number of urea groups is 2. The first-order valence-electron chi connectivity index (χ1n) is 6.56. The van der Waals surface area contributed by atoms with Crippen molar-refractivity contribution in [3.63, 3.8) is 0 Å². The van der Waals surface area contributed by atoms with Crippen molar-refractivity contribution in [2.75, 3.05) is 9.42 Å². The maximum atomic E-state index is 12.0.